The quantitative estimate of drug-likeness (QED) is 0.488. The van der Waals surface area contributed by atoms with E-state index in [9.17, 15) is 9.59 Å². The summed E-state index contributed by atoms with van der Waals surface area (Å²) in [6, 6.07) is 14.4. The van der Waals surface area contributed by atoms with Gasteiger partial charge >= 0.3 is 11.8 Å². The van der Waals surface area contributed by atoms with Crippen molar-refractivity contribution in [3.05, 3.63) is 59.7 Å². The summed E-state index contributed by atoms with van der Waals surface area (Å²) in [6.45, 7) is 3.91. The van der Waals surface area contributed by atoms with E-state index in [-0.39, 0.29) is 6.04 Å². The Hall–Kier alpha value is -2.78. The van der Waals surface area contributed by atoms with Gasteiger partial charge in [-0.25, -0.2) is 0 Å². The molecule has 0 saturated carbocycles. The van der Waals surface area contributed by atoms with Crippen LogP contribution in [0.4, 0.5) is 5.69 Å². The second kappa shape index (κ2) is 8.90. The molecule has 6 heteroatoms. The van der Waals surface area contributed by atoms with Crippen LogP contribution in [0.5, 0.6) is 0 Å². The maximum Gasteiger partial charge on any atom is 0.313 e. The zero-order valence-electron chi connectivity index (χ0n) is 14.1. The minimum atomic E-state index is -0.724. The molecule has 25 heavy (non-hydrogen) atoms. The van der Waals surface area contributed by atoms with Crippen molar-refractivity contribution in [2.45, 2.75) is 31.2 Å². The smallest absolute Gasteiger partial charge is 0.313 e. The van der Waals surface area contributed by atoms with E-state index in [4.69, 9.17) is 5.26 Å². The number of hydrogen-bond donors (Lipinski definition) is 2. The number of thiocyanates is 1. The van der Waals surface area contributed by atoms with E-state index >= 15 is 0 Å². The van der Waals surface area contributed by atoms with Crippen molar-refractivity contribution in [3.63, 3.8) is 0 Å². The van der Waals surface area contributed by atoms with Gasteiger partial charge in [-0.15, -0.1) is 0 Å². The minimum Gasteiger partial charge on any atom is -0.341 e. The van der Waals surface area contributed by atoms with Gasteiger partial charge in [-0.2, -0.15) is 5.26 Å². The van der Waals surface area contributed by atoms with Crippen molar-refractivity contribution in [2.24, 2.45) is 0 Å². The predicted molar refractivity (Wildman–Crippen MR) is 98.9 cm³/mol. The number of carbonyl (C=O) groups excluding carboxylic acids is 2. The minimum absolute atomic E-state index is 0.265. The summed E-state index contributed by atoms with van der Waals surface area (Å²) in [5.41, 5.74) is 2.66. The largest absolute Gasteiger partial charge is 0.341 e. The second-order valence-electron chi connectivity index (χ2n) is 5.46. The Labute approximate surface area is 151 Å². The van der Waals surface area contributed by atoms with Crippen molar-refractivity contribution < 1.29 is 9.59 Å². The molecule has 0 aliphatic heterocycles. The molecule has 2 rings (SSSR count). The number of amides is 2. The van der Waals surface area contributed by atoms with E-state index in [0.29, 0.717) is 5.69 Å². The fourth-order valence-corrected chi connectivity index (χ4v) is 2.61. The number of carbonyl (C=O) groups is 2. The molecule has 0 aliphatic rings. The highest BCUT2D eigenvalue weighted by Gasteiger charge is 2.17. The number of nitrogens with zero attached hydrogens (tertiary/aromatic N) is 1. The van der Waals surface area contributed by atoms with Gasteiger partial charge in [-0.1, -0.05) is 31.2 Å². The number of nitriles is 1. The van der Waals surface area contributed by atoms with Crippen molar-refractivity contribution in [3.8, 4) is 5.40 Å². The molecule has 0 heterocycles. The lowest BCUT2D eigenvalue weighted by atomic mass is 10.1. The Morgan fingerprint density at radius 2 is 1.72 bits per heavy atom. The van der Waals surface area contributed by atoms with Gasteiger partial charge in [0.2, 0.25) is 0 Å². The van der Waals surface area contributed by atoms with Crippen LogP contribution in [0.25, 0.3) is 0 Å². The van der Waals surface area contributed by atoms with Crippen molar-refractivity contribution >= 4 is 29.3 Å². The second-order valence-corrected chi connectivity index (χ2v) is 6.32. The number of aryl methyl sites for hydroxylation is 1. The summed E-state index contributed by atoms with van der Waals surface area (Å²) in [6.07, 6.45) is 0.953. The number of thioether (sulfide) groups is 1. The van der Waals surface area contributed by atoms with Crippen LogP contribution in [0.2, 0.25) is 0 Å². The Kier molecular flexibility index (Phi) is 6.61. The number of hydrogen-bond acceptors (Lipinski definition) is 4. The fourth-order valence-electron chi connectivity index (χ4n) is 2.23. The first kappa shape index (κ1) is 18.6. The summed E-state index contributed by atoms with van der Waals surface area (Å²) in [5, 5.41) is 15.8. The van der Waals surface area contributed by atoms with Crippen LogP contribution in [0, 0.1) is 10.7 Å². The highest BCUT2D eigenvalue weighted by Crippen LogP contribution is 2.19. The molecule has 128 valence electrons. The first-order chi connectivity index (χ1) is 12.0. The van der Waals surface area contributed by atoms with Crippen LogP contribution in [-0.4, -0.2) is 11.8 Å². The molecule has 1 atom stereocenters. The highest BCUT2D eigenvalue weighted by atomic mass is 32.2. The monoisotopic (exact) mass is 353 g/mol. The summed E-state index contributed by atoms with van der Waals surface area (Å²) in [7, 11) is 0. The van der Waals surface area contributed by atoms with Gasteiger partial charge in [0.1, 0.15) is 5.40 Å². The van der Waals surface area contributed by atoms with E-state index in [0.717, 1.165) is 28.6 Å². The van der Waals surface area contributed by atoms with E-state index in [1.807, 2.05) is 36.6 Å². The maximum absolute atomic E-state index is 12.1. The van der Waals surface area contributed by atoms with Gasteiger partial charge in [0, 0.05) is 10.6 Å². The van der Waals surface area contributed by atoms with Crippen LogP contribution in [0.3, 0.4) is 0 Å². The fraction of sp³-hybridized carbons (Fsp3) is 0.211. The van der Waals surface area contributed by atoms with Crippen LogP contribution < -0.4 is 10.6 Å². The van der Waals surface area contributed by atoms with E-state index in [2.05, 4.69) is 17.6 Å². The van der Waals surface area contributed by atoms with Crippen molar-refractivity contribution in [1.29, 1.82) is 5.26 Å². The number of anilines is 1. The van der Waals surface area contributed by atoms with Gasteiger partial charge in [0.05, 0.1) is 6.04 Å². The third kappa shape index (κ3) is 5.37. The molecule has 1 unspecified atom stereocenters. The van der Waals surface area contributed by atoms with E-state index < -0.39 is 11.8 Å². The van der Waals surface area contributed by atoms with Crippen molar-refractivity contribution in [1.82, 2.24) is 5.32 Å². The molecule has 0 spiro atoms. The standard InChI is InChI=1S/C19H19N3O2S/c1-3-14-4-6-15(7-5-14)13(2)21-18(23)19(24)22-16-8-10-17(11-9-16)25-12-20/h4-11,13H,3H2,1-2H3,(H,21,23)(H,22,24). The number of rotatable bonds is 5. The third-order valence-corrected chi connectivity index (χ3v) is 4.32. The van der Waals surface area contributed by atoms with E-state index in [1.54, 1.807) is 24.3 Å². The lowest BCUT2D eigenvalue weighted by Gasteiger charge is -2.14. The van der Waals surface area contributed by atoms with E-state index in [1.165, 1.54) is 5.56 Å². The predicted octanol–water partition coefficient (Wildman–Crippen LogP) is 3.64. The van der Waals surface area contributed by atoms with Gasteiger partial charge in [-0.05, 0) is 60.5 Å². The average Bonchev–Trinajstić information content (AvgIpc) is 2.63. The zero-order chi connectivity index (χ0) is 18.2. The molecule has 0 radical (unpaired) electrons. The Balaban J connectivity index is 1.92. The van der Waals surface area contributed by atoms with Crippen LogP contribution >= 0.6 is 11.8 Å². The molecule has 0 aromatic heterocycles. The first-order valence-corrected chi connectivity index (χ1v) is 8.71. The normalized spacial score (nSPS) is 11.2. The summed E-state index contributed by atoms with van der Waals surface area (Å²) in [5.74, 6) is -1.42. The highest BCUT2D eigenvalue weighted by molar-refractivity contribution is 8.03. The van der Waals surface area contributed by atoms with Crippen molar-refractivity contribution in [2.75, 3.05) is 5.32 Å². The molecular formula is C19H19N3O2S. The van der Waals surface area contributed by atoms with Gasteiger partial charge < -0.3 is 10.6 Å². The lowest BCUT2D eigenvalue weighted by molar-refractivity contribution is -0.136. The zero-order valence-corrected chi connectivity index (χ0v) is 14.9. The molecule has 0 aliphatic carbocycles. The van der Waals surface area contributed by atoms with Gasteiger partial charge in [0.15, 0.2) is 0 Å². The molecule has 0 fully saturated rings. The molecular weight excluding hydrogens is 334 g/mol. The Morgan fingerprint density at radius 3 is 2.28 bits per heavy atom. The average molecular weight is 353 g/mol. The molecule has 2 aromatic carbocycles. The van der Waals surface area contributed by atoms with Gasteiger partial charge in [0.25, 0.3) is 0 Å². The summed E-state index contributed by atoms with van der Waals surface area (Å²) >= 11 is 1.03. The maximum atomic E-state index is 12.1. The van der Waals surface area contributed by atoms with Crippen LogP contribution in [0.1, 0.15) is 31.0 Å². The molecule has 2 aromatic rings. The molecule has 2 amide bonds. The topological polar surface area (TPSA) is 82.0 Å². The molecule has 5 nitrogen and oxygen atoms in total. The molecule has 2 N–H and O–H groups in total. The molecule has 0 bridgehead atoms. The molecule has 0 saturated heterocycles. The summed E-state index contributed by atoms with van der Waals surface area (Å²) < 4.78 is 0. The third-order valence-electron chi connectivity index (χ3n) is 3.72. The van der Waals surface area contributed by atoms with Crippen LogP contribution in [-0.2, 0) is 16.0 Å². The Morgan fingerprint density at radius 1 is 1.08 bits per heavy atom. The lowest BCUT2D eigenvalue weighted by Crippen LogP contribution is -2.36. The Bertz CT molecular complexity index is 780. The SMILES string of the molecule is CCc1ccc(C(C)NC(=O)C(=O)Nc2ccc(SC#N)cc2)cc1. The number of nitrogens with one attached hydrogen (secondary N) is 2. The first-order valence-electron chi connectivity index (χ1n) is 7.90. The number of benzene rings is 2. The van der Waals surface area contributed by atoms with Crippen LogP contribution in [0.15, 0.2) is 53.4 Å². The van der Waals surface area contributed by atoms with Gasteiger partial charge in [-0.3, -0.25) is 9.59 Å². The summed E-state index contributed by atoms with van der Waals surface area (Å²) in [4.78, 5) is 24.8.